The van der Waals surface area contributed by atoms with Crippen molar-refractivity contribution in [2.45, 2.75) is 44.6 Å². The smallest absolute Gasteiger partial charge is 0.0672 e. The maximum absolute atomic E-state index is 9.01. The maximum atomic E-state index is 9.01. The molecule has 0 saturated heterocycles. The molecule has 0 spiro atoms. The van der Waals surface area contributed by atoms with Crippen molar-refractivity contribution in [3.63, 3.8) is 0 Å². The SMILES string of the molecule is CN(CC1CCC1)C1CCCC1C#N. The molecule has 2 aliphatic carbocycles. The highest BCUT2D eigenvalue weighted by Gasteiger charge is 2.32. The van der Waals surface area contributed by atoms with Crippen LogP contribution >= 0.6 is 0 Å². The highest BCUT2D eigenvalue weighted by Crippen LogP contribution is 2.32. The number of hydrogen-bond acceptors (Lipinski definition) is 2. The van der Waals surface area contributed by atoms with E-state index in [1.165, 1.54) is 38.6 Å². The van der Waals surface area contributed by atoms with Gasteiger partial charge in [-0.1, -0.05) is 12.8 Å². The lowest BCUT2D eigenvalue weighted by molar-refractivity contribution is 0.150. The molecular weight excluding hydrogens is 172 g/mol. The lowest BCUT2D eigenvalue weighted by Crippen LogP contribution is -2.39. The molecule has 2 unspecified atom stereocenters. The predicted octanol–water partition coefficient (Wildman–Crippen LogP) is 2.41. The molecule has 0 amide bonds. The Hall–Kier alpha value is -0.550. The molecule has 2 saturated carbocycles. The summed E-state index contributed by atoms with van der Waals surface area (Å²) in [6, 6.07) is 3.02. The predicted molar refractivity (Wildman–Crippen MR) is 56.7 cm³/mol. The van der Waals surface area contributed by atoms with Crippen LogP contribution < -0.4 is 0 Å². The van der Waals surface area contributed by atoms with Crippen molar-refractivity contribution >= 4 is 0 Å². The van der Waals surface area contributed by atoms with Gasteiger partial charge in [0.2, 0.25) is 0 Å². The second-order valence-electron chi connectivity index (χ2n) is 4.97. The van der Waals surface area contributed by atoms with E-state index in [2.05, 4.69) is 18.0 Å². The fourth-order valence-corrected chi connectivity index (χ4v) is 2.84. The van der Waals surface area contributed by atoms with E-state index < -0.39 is 0 Å². The first-order valence-corrected chi connectivity index (χ1v) is 5.91. The zero-order valence-electron chi connectivity index (χ0n) is 9.08. The van der Waals surface area contributed by atoms with Gasteiger partial charge in [-0.15, -0.1) is 0 Å². The number of rotatable bonds is 3. The summed E-state index contributed by atoms with van der Waals surface area (Å²) in [6.45, 7) is 1.23. The average Bonchev–Trinajstić information content (AvgIpc) is 2.58. The van der Waals surface area contributed by atoms with E-state index in [9.17, 15) is 0 Å². The number of hydrogen-bond donors (Lipinski definition) is 0. The third kappa shape index (κ3) is 1.93. The van der Waals surface area contributed by atoms with Gasteiger partial charge < -0.3 is 4.90 Å². The molecule has 0 aliphatic heterocycles. The minimum absolute atomic E-state index is 0.306. The molecule has 2 atom stereocenters. The van der Waals surface area contributed by atoms with Gasteiger partial charge in [-0.05, 0) is 38.6 Å². The monoisotopic (exact) mass is 192 g/mol. The Morgan fingerprint density at radius 1 is 1.21 bits per heavy atom. The van der Waals surface area contributed by atoms with Crippen molar-refractivity contribution in [1.29, 1.82) is 5.26 Å². The molecule has 0 N–H and O–H groups in total. The Balaban J connectivity index is 1.83. The summed E-state index contributed by atoms with van der Waals surface area (Å²) in [5.74, 6) is 1.24. The van der Waals surface area contributed by atoms with Gasteiger partial charge in [0.25, 0.3) is 0 Å². The molecule has 2 fully saturated rings. The molecule has 0 bridgehead atoms. The van der Waals surface area contributed by atoms with Crippen LogP contribution in [-0.4, -0.2) is 24.5 Å². The van der Waals surface area contributed by atoms with Crippen LogP contribution in [0.4, 0.5) is 0 Å². The Morgan fingerprint density at radius 2 is 1.93 bits per heavy atom. The van der Waals surface area contributed by atoms with Crippen molar-refractivity contribution in [2.24, 2.45) is 11.8 Å². The Kier molecular flexibility index (Phi) is 3.08. The van der Waals surface area contributed by atoms with Crippen LogP contribution in [-0.2, 0) is 0 Å². The largest absolute Gasteiger partial charge is 0.302 e. The summed E-state index contributed by atoms with van der Waals surface area (Å²) in [5.41, 5.74) is 0. The van der Waals surface area contributed by atoms with Gasteiger partial charge in [0.05, 0.1) is 12.0 Å². The second-order valence-corrected chi connectivity index (χ2v) is 4.97. The summed E-state index contributed by atoms with van der Waals surface area (Å²) in [5, 5.41) is 9.01. The molecule has 2 rings (SSSR count). The Labute approximate surface area is 86.9 Å². The summed E-state index contributed by atoms with van der Waals surface area (Å²) in [6.07, 6.45) is 7.85. The van der Waals surface area contributed by atoms with E-state index in [1.54, 1.807) is 0 Å². The van der Waals surface area contributed by atoms with E-state index in [1.807, 2.05) is 0 Å². The standard InChI is InChI=1S/C12H20N2/c1-14(9-10-4-2-5-10)12-7-3-6-11(12)8-13/h10-12H,2-7,9H2,1H3. The molecule has 0 aromatic heterocycles. The third-order valence-electron chi connectivity index (χ3n) is 3.98. The molecule has 14 heavy (non-hydrogen) atoms. The lowest BCUT2D eigenvalue weighted by Gasteiger charge is -2.34. The van der Waals surface area contributed by atoms with E-state index >= 15 is 0 Å². The molecule has 0 heterocycles. The van der Waals surface area contributed by atoms with Crippen LogP contribution in [0.3, 0.4) is 0 Å². The molecule has 78 valence electrons. The van der Waals surface area contributed by atoms with Crippen molar-refractivity contribution in [1.82, 2.24) is 4.90 Å². The van der Waals surface area contributed by atoms with E-state index in [4.69, 9.17) is 5.26 Å². The molecule has 2 nitrogen and oxygen atoms in total. The first-order valence-electron chi connectivity index (χ1n) is 5.91. The van der Waals surface area contributed by atoms with Crippen LogP contribution in [0.2, 0.25) is 0 Å². The van der Waals surface area contributed by atoms with Crippen LogP contribution in [0.1, 0.15) is 38.5 Å². The molecule has 2 heteroatoms. The maximum Gasteiger partial charge on any atom is 0.0672 e. The fourth-order valence-electron chi connectivity index (χ4n) is 2.84. The van der Waals surface area contributed by atoms with Crippen LogP contribution in [0, 0.1) is 23.2 Å². The second kappa shape index (κ2) is 4.31. The van der Waals surface area contributed by atoms with E-state index in [-0.39, 0.29) is 0 Å². The highest BCUT2D eigenvalue weighted by atomic mass is 15.1. The van der Waals surface area contributed by atoms with Gasteiger partial charge in [0, 0.05) is 12.6 Å². The zero-order valence-corrected chi connectivity index (χ0v) is 9.08. The third-order valence-corrected chi connectivity index (χ3v) is 3.98. The van der Waals surface area contributed by atoms with Gasteiger partial charge >= 0.3 is 0 Å². The molecular formula is C12H20N2. The van der Waals surface area contributed by atoms with Crippen molar-refractivity contribution in [2.75, 3.05) is 13.6 Å². The normalized spacial score (nSPS) is 32.9. The van der Waals surface area contributed by atoms with Crippen molar-refractivity contribution in [3.05, 3.63) is 0 Å². The van der Waals surface area contributed by atoms with Gasteiger partial charge in [0.15, 0.2) is 0 Å². The Bertz CT molecular complexity index is 227. The summed E-state index contributed by atoms with van der Waals surface area (Å²) in [4.78, 5) is 2.45. The van der Waals surface area contributed by atoms with Gasteiger partial charge in [-0.3, -0.25) is 0 Å². The quantitative estimate of drug-likeness (QED) is 0.686. The van der Waals surface area contributed by atoms with E-state index in [0.29, 0.717) is 12.0 Å². The molecule has 0 radical (unpaired) electrons. The summed E-state index contributed by atoms with van der Waals surface area (Å²) in [7, 11) is 2.21. The van der Waals surface area contributed by atoms with Gasteiger partial charge in [-0.2, -0.15) is 5.26 Å². The topological polar surface area (TPSA) is 27.0 Å². The molecule has 0 aromatic carbocycles. The van der Waals surface area contributed by atoms with Crippen LogP contribution in [0.25, 0.3) is 0 Å². The van der Waals surface area contributed by atoms with E-state index in [0.717, 1.165) is 12.3 Å². The Morgan fingerprint density at radius 3 is 2.50 bits per heavy atom. The summed E-state index contributed by atoms with van der Waals surface area (Å²) < 4.78 is 0. The first kappa shape index (κ1) is 9.98. The van der Waals surface area contributed by atoms with Gasteiger partial charge in [0.1, 0.15) is 0 Å². The van der Waals surface area contributed by atoms with Crippen LogP contribution in [0.5, 0.6) is 0 Å². The van der Waals surface area contributed by atoms with Crippen LogP contribution in [0.15, 0.2) is 0 Å². The molecule has 0 aromatic rings. The highest BCUT2D eigenvalue weighted by molar-refractivity contribution is 4.97. The molecule has 2 aliphatic rings. The summed E-state index contributed by atoms with van der Waals surface area (Å²) >= 11 is 0. The number of nitrogens with zero attached hydrogens (tertiary/aromatic N) is 2. The lowest BCUT2D eigenvalue weighted by atomic mass is 9.84. The minimum Gasteiger partial charge on any atom is -0.302 e. The van der Waals surface area contributed by atoms with Gasteiger partial charge in [-0.25, -0.2) is 0 Å². The van der Waals surface area contributed by atoms with Crippen molar-refractivity contribution < 1.29 is 0 Å². The average molecular weight is 192 g/mol. The first-order chi connectivity index (χ1) is 6.81. The minimum atomic E-state index is 0.306. The number of nitriles is 1. The zero-order chi connectivity index (χ0) is 9.97. The van der Waals surface area contributed by atoms with Crippen molar-refractivity contribution in [3.8, 4) is 6.07 Å². The fraction of sp³-hybridized carbons (Fsp3) is 0.917.